The largest absolute Gasteiger partial charge is 0.355 e. The molecule has 2 aliphatic rings. The summed E-state index contributed by atoms with van der Waals surface area (Å²) < 4.78 is 47.4. The van der Waals surface area contributed by atoms with Crippen LogP contribution in [0.3, 0.4) is 0 Å². The smallest absolute Gasteiger partial charge is 0.248 e. The van der Waals surface area contributed by atoms with Crippen LogP contribution in [-0.4, -0.2) is 42.9 Å². The Balaban J connectivity index is 1.42. The Kier molecular flexibility index (Phi) is 7.83. The molecule has 1 aromatic carbocycles. The second kappa shape index (κ2) is 10.8. The molecular formula is C25H32FN3O4S. The summed E-state index contributed by atoms with van der Waals surface area (Å²) in [6, 6.07) is 6.44. The highest BCUT2D eigenvalue weighted by molar-refractivity contribution is 7.89. The number of sulfonamides is 1. The average molecular weight is 490 g/mol. The van der Waals surface area contributed by atoms with Crippen LogP contribution in [0.25, 0.3) is 12.2 Å². The highest BCUT2D eigenvalue weighted by Gasteiger charge is 2.36. The topological polar surface area (TPSA) is 92.5 Å². The third kappa shape index (κ3) is 5.58. The molecule has 4 rings (SSSR count). The zero-order valence-electron chi connectivity index (χ0n) is 19.5. The molecule has 1 saturated carbocycles. The lowest BCUT2D eigenvalue weighted by molar-refractivity contribution is -0.126. The van der Waals surface area contributed by atoms with Crippen LogP contribution in [0.5, 0.6) is 0 Å². The standard InChI is InChI=1S/C25H32FN3O4S/c1-18-24(23(33-28-18)13-12-19-8-6-7-11-22(19)26)34(31,32)29-16-14-20(15-17-29)25(30)27-21-9-4-2-3-5-10-21/h6-8,11-13,20-21H,2-5,9-10,14-17H2,1H3,(H,27,30)/b13-12+. The van der Waals surface area contributed by atoms with Crippen LogP contribution in [-0.2, 0) is 14.8 Å². The first-order chi connectivity index (χ1) is 16.4. The van der Waals surface area contributed by atoms with E-state index in [1.165, 1.54) is 35.4 Å². The molecule has 1 aromatic heterocycles. The van der Waals surface area contributed by atoms with Gasteiger partial charge in [-0.2, -0.15) is 4.31 Å². The van der Waals surface area contributed by atoms with Crippen LogP contribution in [0.15, 0.2) is 33.7 Å². The maximum Gasteiger partial charge on any atom is 0.248 e. The van der Waals surface area contributed by atoms with E-state index >= 15 is 0 Å². The van der Waals surface area contributed by atoms with Crippen molar-refractivity contribution >= 4 is 28.1 Å². The first kappa shape index (κ1) is 24.6. The number of rotatable bonds is 6. The first-order valence-corrected chi connectivity index (χ1v) is 13.5. The molecule has 1 amide bonds. The van der Waals surface area contributed by atoms with Crippen molar-refractivity contribution in [2.24, 2.45) is 5.92 Å². The average Bonchev–Trinajstić information content (AvgIpc) is 3.02. The molecule has 2 fully saturated rings. The van der Waals surface area contributed by atoms with E-state index in [1.54, 1.807) is 25.1 Å². The summed E-state index contributed by atoms with van der Waals surface area (Å²) in [6.07, 6.45) is 10.6. The SMILES string of the molecule is Cc1noc(/C=C/c2ccccc2F)c1S(=O)(=O)N1CCC(C(=O)NC2CCCCCC2)CC1. The number of piperidine rings is 1. The van der Waals surface area contributed by atoms with Gasteiger partial charge in [-0.05, 0) is 50.8 Å². The van der Waals surface area contributed by atoms with Gasteiger partial charge < -0.3 is 9.84 Å². The highest BCUT2D eigenvalue weighted by Crippen LogP contribution is 2.29. The van der Waals surface area contributed by atoms with Gasteiger partial charge in [-0.25, -0.2) is 12.8 Å². The quantitative estimate of drug-likeness (QED) is 0.602. The lowest BCUT2D eigenvalue weighted by Gasteiger charge is -2.31. The van der Waals surface area contributed by atoms with Gasteiger partial charge in [-0.3, -0.25) is 4.79 Å². The molecule has 34 heavy (non-hydrogen) atoms. The van der Waals surface area contributed by atoms with Gasteiger partial charge in [0.25, 0.3) is 0 Å². The third-order valence-electron chi connectivity index (χ3n) is 6.78. The number of halogens is 1. The van der Waals surface area contributed by atoms with Gasteiger partial charge in [0, 0.05) is 30.6 Å². The van der Waals surface area contributed by atoms with E-state index in [-0.39, 0.29) is 47.3 Å². The molecule has 9 heteroatoms. The molecule has 2 heterocycles. The minimum atomic E-state index is -3.88. The van der Waals surface area contributed by atoms with E-state index in [2.05, 4.69) is 10.5 Å². The van der Waals surface area contributed by atoms with E-state index in [9.17, 15) is 17.6 Å². The number of aryl methyl sites for hydroxylation is 1. The Morgan fingerprint density at radius 2 is 1.76 bits per heavy atom. The van der Waals surface area contributed by atoms with E-state index < -0.39 is 15.8 Å². The van der Waals surface area contributed by atoms with Gasteiger partial charge in [0.2, 0.25) is 15.9 Å². The van der Waals surface area contributed by atoms with E-state index in [0.29, 0.717) is 18.4 Å². The number of hydrogen-bond donors (Lipinski definition) is 1. The number of aromatic nitrogens is 1. The van der Waals surface area contributed by atoms with Crippen LogP contribution < -0.4 is 5.32 Å². The summed E-state index contributed by atoms with van der Waals surface area (Å²) in [6.45, 7) is 2.09. The molecule has 0 atom stereocenters. The predicted molar refractivity (Wildman–Crippen MR) is 128 cm³/mol. The predicted octanol–water partition coefficient (Wildman–Crippen LogP) is 4.53. The summed E-state index contributed by atoms with van der Waals surface area (Å²) in [7, 11) is -3.88. The Morgan fingerprint density at radius 1 is 1.09 bits per heavy atom. The van der Waals surface area contributed by atoms with Crippen LogP contribution in [0, 0.1) is 18.7 Å². The van der Waals surface area contributed by atoms with Crippen molar-refractivity contribution in [2.45, 2.75) is 69.2 Å². The summed E-state index contributed by atoms with van der Waals surface area (Å²) in [5.74, 6) is -0.491. The summed E-state index contributed by atoms with van der Waals surface area (Å²) >= 11 is 0. The van der Waals surface area contributed by atoms with Gasteiger partial charge in [-0.1, -0.05) is 49.0 Å². The van der Waals surface area contributed by atoms with Crippen molar-refractivity contribution in [3.05, 3.63) is 47.1 Å². The fraction of sp³-hybridized carbons (Fsp3) is 0.520. The zero-order valence-corrected chi connectivity index (χ0v) is 20.3. The van der Waals surface area contributed by atoms with Crippen molar-refractivity contribution in [1.82, 2.24) is 14.8 Å². The van der Waals surface area contributed by atoms with Gasteiger partial charge >= 0.3 is 0 Å². The summed E-state index contributed by atoms with van der Waals surface area (Å²) in [5, 5.41) is 7.03. The number of nitrogens with zero attached hydrogens (tertiary/aromatic N) is 2. The van der Waals surface area contributed by atoms with Crippen LogP contribution in [0.2, 0.25) is 0 Å². The van der Waals surface area contributed by atoms with Crippen molar-refractivity contribution in [3.63, 3.8) is 0 Å². The second-order valence-corrected chi connectivity index (χ2v) is 11.1. The highest BCUT2D eigenvalue weighted by atomic mass is 32.2. The second-order valence-electron chi connectivity index (χ2n) is 9.19. The normalized spacial score (nSPS) is 19.4. The lowest BCUT2D eigenvalue weighted by atomic mass is 9.96. The summed E-state index contributed by atoms with van der Waals surface area (Å²) in [4.78, 5) is 12.8. The van der Waals surface area contributed by atoms with Gasteiger partial charge in [0.05, 0.1) is 0 Å². The van der Waals surface area contributed by atoms with Crippen molar-refractivity contribution < 1.29 is 22.1 Å². The van der Waals surface area contributed by atoms with Crippen molar-refractivity contribution in [1.29, 1.82) is 0 Å². The minimum Gasteiger partial charge on any atom is -0.355 e. The number of benzene rings is 1. The number of amides is 1. The fourth-order valence-corrected chi connectivity index (χ4v) is 6.52. The van der Waals surface area contributed by atoms with E-state index in [4.69, 9.17) is 4.52 Å². The van der Waals surface area contributed by atoms with Crippen LogP contribution >= 0.6 is 0 Å². The maximum atomic E-state index is 13.9. The Labute approximate surface area is 200 Å². The number of nitrogens with one attached hydrogen (secondary N) is 1. The molecule has 184 valence electrons. The molecule has 0 radical (unpaired) electrons. The molecular weight excluding hydrogens is 457 g/mol. The van der Waals surface area contributed by atoms with Crippen molar-refractivity contribution in [3.8, 4) is 0 Å². The molecule has 0 bridgehead atoms. The molecule has 1 aliphatic carbocycles. The van der Waals surface area contributed by atoms with E-state index in [0.717, 1.165) is 25.7 Å². The monoisotopic (exact) mass is 489 g/mol. The Hall–Kier alpha value is -2.52. The maximum absolute atomic E-state index is 13.9. The van der Waals surface area contributed by atoms with Crippen molar-refractivity contribution in [2.75, 3.05) is 13.1 Å². The van der Waals surface area contributed by atoms with Gasteiger partial charge in [-0.15, -0.1) is 0 Å². The minimum absolute atomic E-state index is 0.0125. The molecule has 1 aliphatic heterocycles. The van der Waals surface area contributed by atoms with Gasteiger partial charge in [0.1, 0.15) is 11.5 Å². The molecule has 0 spiro atoms. The molecule has 7 nitrogen and oxygen atoms in total. The summed E-state index contributed by atoms with van der Waals surface area (Å²) in [5.41, 5.74) is 0.571. The number of carbonyl (C=O) groups is 1. The number of hydrogen-bond acceptors (Lipinski definition) is 5. The van der Waals surface area contributed by atoms with Crippen LogP contribution in [0.1, 0.15) is 68.4 Å². The zero-order chi connectivity index (χ0) is 24.1. The fourth-order valence-electron chi connectivity index (χ4n) is 4.80. The lowest BCUT2D eigenvalue weighted by Crippen LogP contribution is -2.45. The first-order valence-electron chi connectivity index (χ1n) is 12.1. The molecule has 1 N–H and O–H groups in total. The molecule has 2 aromatic rings. The molecule has 0 unspecified atom stereocenters. The molecule has 1 saturated heterocycles. The Morgan fingerprint density at radius 3 is 2.44 bits per heavy atom. The van der Waals surface area contributed by atoms with Crippen LogP contribution in [0.4, 0.5) is 4.39 Å². The Bertz CT molecular complexity index is 1130. The van der Waals surface area contributed by atoms with Gasteiger partial charge in [0.15, 0.2) is 10.7 Å². The van der Waals surface area contributed by atoms with E-state index in [1.807, 2.05) is 0 Å². The number of carbonyl (C=O) groups excluding carboxylic acids is 1. The third-order valence-corrected chi connectivity index (χ3v) is 8.83.